The van der Waals surface area contributed by atoms with E-state index in [1.54, 1.807) is 0 Å². The van der Waals surface area contributed by atoms with Crippen LogP contribution in [0.2, 0.25) is 5.02 Å². The third kappa shape index (κ3) is 2.12. The van der Waals surface area contributed by atoms with Gasteiger partial charge < -0.3 is 10.1 Å². The van der Waals surface area contributed by atoms with Gasteiger partial charge in [0.05, 0.1) is 24.3 Å². The van der Waals surface area contributed by atoms with E-state index in [0.717, 1.165) is 12.1 Å². The number of morpholine rings is 1. The van der Waals surface area contributed by atoms with Crippen molar-refractivity contribution in [2.75, 3.05) is 19.8 Å². The summed E-state index contributed by atoms with van der Waals surface area (Å²) in [6.07, 6.45) is 0. The lowest BCUT2D eigenvalue weighted by molar-refractivity contribution is 0.0757. The summed E-state index contributed by atoms with van der Waals surface area (Å²) in [5.41, 5.74) is 0.149. The summed E-state index contributed by atoms with van der Waals surface area (Å²) in [7, 11) is 0. The molecule has 0 bridgehead atoms. The third-order valence-corrected chi connectivity index (χ3v) is 2.73. The summed E-state index contributed by atoms with van der Waals surface area (Å²) < 4.78 is 31.8. The van der Waals surface area contributed by atoms with E-state index in [1.807, 2.05) is 0 Å². The van der Waals surface area contributed by atoms with Crippen LogP contribution in [0, 0.1) is 11.6 Å². The van der Waals surface area contributed by atoms with Crippen molar-refractivity contribution in [3.05, 3.63) is 34.4 Å². The number of hydrogen-bond acceptors (Lipinski definition) is 2. The van der Waals surface area contributed by atoms with Crippen LogP contribution in [0.25, 0.3) is 0 Å². The minimum absolute atomic E-state index is 0.149. The molecule has 82 valence electrons. The molecule has 1 aromatic rings. The Morgan fingerprint density at radius 2 is 2.07 bits per heavy atom. The van der Waals surface area contributed by atoms with Crippen molar-refractivity contribution in [3.63, 3.8) is 0 Å². The highest BCUT2D eigenvalue weighted by Crippen LogP contribution is 2.29. The molecule has 1 unspecified atom stereocenters. The molecular weight excluding hydrogens is 224 g/mol. The van der Waals surface area contributed by atoms with Gasteiger partial charge >= 0.3 is 0 Å². The highest BCUT2D eigenvalue weighted by atomic mass is 35.5. The first-order valence-electron chi connectivity index (χ1n) is 4.64. The fraction of sp³-hybridized carbons (Fsp3) is 0.400. The third-order valence-electron chi connectivity index (χ3n) is 2.35. The van der Waals surface area contributed by atoms with E-state index in [0.29, 0.717) is 19.8 Å². The fourth-order valence-electron chi connectivity index (χ4n) is 1.61. The molecule has 5 heteroatoms. The van der Waals surface area contributed by atoms with Gasteiger partial charge in [0.1, 0.15) is 11.6 Å². The van der Waals surface area contributed by atoms with Gasteiger partial charge in [-0.25, -0.2) is 8.78 Å². The quantitative estimate of drug-likeness (QED) is 0.752. The van der Waals surface area contributed by atoms with Gasteiger partial charge in [-0.05, 0) is 12.1 Å². The zero-order valence-corrected chi connectivity index (χ0v) is 8.65. The Balaban J connectivity index is 2.36. The van der Waals surface area contributed by atoms with Gasteiger partial charge in [0.25, 0.3) is 0 Å². The van der Waals surface area contributed by atoms with Crippen LogP contribution in [0.1, 0.15) is 11.6 Å². The van der Waals surface area contributed by atoms with Crippen LogP contribution in [0.4, 0.5) is 8.78 Å². The second kappa shape index (κ2) is 4.43. The SMILES string of the molecule is Fc1ccc(F)c(C2COCCN2)c1Cl. The highest BCUT2D eigenvalue weighted by Gasteiger charge is 2.23. The van der Waals surface area contributed by atoms with Crippen LogP contribution in [-0.2, 0) is 4.74 Å². The molecule has 1 heterocycles. The maximum absolute atomic E-state index is 13.5. The molecule has 1 saturated heterocycles. The Labute approximate surface area is 91.2 Å². The molecule has 0 aliphatic carbocycles. The number of nitrogens with one attached hydrogen (secondary N) is 1. The molecule has 0 radical (unpaired) electrons. The molecule has 15 heavy (non-hydrogen) atoms. The summed E-state index contributed by atoms with van der Waals surface area (Å²) in [5, 5.41) is 2.86. The minimum atomic E-state index is -0.611. The van der Waals surface area contributed by atoms with Crippen molar-refractivity contribution in [3.8, 4) is 0 Å². The van der Waals surface area contributed by atoms with E-state index < -0.39 is 11.6 Å². The van der Waals surface area contributed by atoms with Crippen molar-refractivity contribution in [1.29, 1.82) is 0 Å². The Bertz CT molecular complexity index is 367. The van der Waals surface area contributed by atoms with E-state index >= 15 is 0 Å². The number of halogens is 3. The zero-order valence-electron chi connectivity index (χ0n) is 7.90. The molecule has 0 saturated carbocycles. The summed E-state index contributed by atoms with van der Waals surface area (Å²) in [5.74, 6) is -1.12. The summed E-state index contributed by atoms with van der Waals surface area (Å²) in [6.45, 7) is 1.49. The van der Waals surface area contributed by atoms with E-state index in [-0.39, 0.29) is 16.6 Å². The van der Waals surface area contributed by atoms with Gasteiger partial charge in [0.15, 0.2) is 0 Å². The average Bonchev–Trinajstić information content (AvgIpc) is 2.26. The van der Waals surface area contributed by atoms with E-state index in [1.165, 1.54) is 0 Å². The van der Waals surface area contributed by atoms with Gasteiger partial charge in [-0.3, -0.25) is 0 Å². The van der Waals surface area contributed by atoms with E-state index in [4.69, 9.17) is 16.3 Å². The van der Waals surface area contributed by atoms with Crippen LogP contribution in [-0.4, -0.2) is 19.8 Å². The Morgan fingerprint density at radius 1 is 1.33 bits per heavy atom. The molecule has 1 N–H and O–H groups in total. The van der Waals surface area contributed by atoms with Crippen molar-refractivity contribution < 1.29 is 13.5 Å². The lowest BCUT2D eigenvalue weighted by Crippen LogP contribution is -2.35. The maximum atomic E-state index is 13.5. The predicted molar refractivity (Wildman–Crippen MR) is 52.9 cm³/mol. The predicted octanol–water partition coefficient (Wildman–Crippen LogP) is 2.28. The van der Waals surface area contributed by atoms with Crippen molar-refractivity contribution >= 4 is 11.6 Å². The topological polar surface area (TPSA) is 21.3 Å². The smallest absolute Gasteiger partial charge is 0.142 e. The van der Waals surface area contributed by atoms with Crippen LogP contribution >= 0.6 is 11.6 Å². The average molecular weight is 234 g/mol. The van der Waals surface area contributed by atoms with Crippen LogP contribution in [0.5, 0.6) is 0 Å². The molecule has 2 rings (SSSR count). The molecule has 2 nitrogen and oxygen atoms in total. The monoisotopic (exact) mass is 233 g/mol. The summed E-state index contributed by atoms with van der Waals surface area (Å²) >= 11 is 5.72. The first kappa shape index (κ1) is 10.8. The first-order chi connectivity index (χ1) is 7.20. The molecule has 1 fully saturated rings. The van der Waals surface area contributed by atoms with Crippen molar-refractivity contribution in [2.24, 2.45) is 0 Å². The molecule has 1 aliphatic heterocycles. The Morgan fingerprint density at radius 3 is 2.73 bits per heavy atom. The molecule has 1 aromatic carbocycles. The molecule has 0 amide bonds. The molecule has 0 aromatic heterocycles. The van der Waals surface area contributed by atoms with E-state index in [9.17, 15) is 8.78 Å². The summed E-state index contributed by atoms with van der Waals surface area (Å²) in [6, 6.07) is 1.72. The first-order valence-corrected chi connectivity index (χ1v) is 5.02. The molecule has 1 aliphatic rings. The number of hydrogen-bond donors (Lipinski definition) is 1. The Kier molecular flexibility index (Phi) is 3.19. The van der Waals surface area contributed by atoms with Crippen LogP contribution < -0.4 is 5.32 Å². The second-order valence-corrected chi connectivity index (χ2v) is 3.72. The maximum Gasteiger partial charge on any atom is 0.142 e. The number of benzene rings is 1. The minimum Gasteiger partial charge on any atom is -0.378 e. The van der Waals surface area contributed by atoms with Gasteiger partial charge in [0, 0.05) is 12.1 Å². The van der Waals surface area contributed by atoms with Crippen LogP contribution in [0.3, 0.4) is 0 Å². The fourth-order valence-corrected chi connectivity index (χ4v) is 1.90. The highest BCUT2D eigenvalue weighted by molar-refractivity contribution is 6.31. The number of rotatable bonds is 1. The van der Waals surface area contributed by atoms with Gasteiger partial charge in [0.2, 0.25) is 0 Å². The molecule has 0 spiro atoms. The van der Waals surface area contributed by atoms with Gasteiger partial charge in [-0.2, -0.15) is 0 Å². The molecular formula is C10H10ClF2NO. The summed E-state index contributed by atoms with van der Waals surface area (Å²) in [4.78, 5) is 0. The van der Waals surface area contributed by atoms with Crippen molar-refractivity contribution in [2.45, 2.75) is 6.04 Å². The standard InChI is InChI=1S/C10H10ClF2NO/c11-10-7(13)2-1-6(12)9(10)8-5-15-4-3-14-8/h1-2,8,14H,3-5H2. The van der Waals surface area contributed by atoms with Crippen molar-refractivity contribution in [1.82, 2.24) is 5.32 Å². The normalized spacial score (nSPS) is 21.7. The lowest BCUT2D eigenvalue weighted by Gasteiger charge is -2.25. The largest absolute Gasteiger partial charge is 0.378 e. The zero-order chi connectivity index (χ0) is 10.8. The lowest BCUT2D eigenvalue weighted by atomic mass is 10.1. The number of ether oxygens (including phenoxy) is 1. The van der Waals surface area contributed by atoms with Crippen LogP contribution in [0.15, 0.2) is 12.1 Å². The van der Waals surface area contributed by atoms with E-state index in [2.05, 4.69) is 5.32 Å². The molecule has 1 atom stereocenters. The Hall–Kier alpha value is -0.710. The second-order valence-electron chi connectivity index (χ2n) is 3.34. The van der Waals surface area contributed by atoms with Gasteiger partial charge in [-0.1, -0.05) is 11.6 Å². The van der Waals surface area contributed by atoms with Gasteiger partial charge in [-0.15, -0.1) is 0 Å².